The summed E-state index contributed by atoms with van der Waals surface area (Å²) >= 11 is 0. The summed E-state index contributed by atoms with van der Waals surface area (Å²) < 4.78 is 32.0. The molecule has 2 aromatic heterocycles. The molecule has 3 aliphatic rings. The van der Waals surface area contributed by atoms with E-state index in [0.29, 0.717) is 36.0 Å². The van der Waals surface area contributed by atoms with Crippen molar-refractivity contribution in [3.05, 3.63) is 88.2 Å². The Morgan fingerprint density at radius 2 is 2.00 bits per heavy atom. The number of aryl methyl sites for hydroxylation is 1. The number of ether oxygens (including phenoxy) is 1. The van der Waals surface area contributed by atoms with Crippen molar-refractivity contribution >= 4 is 38.2 Å². The third-order valence-electron chi connectivity index (χ3n) is 8.05. The minimum atomic E-state index is -3.50. The molecule has 2 aromatic carbocycles. The van der Waals surface area contributed by atoms with Gasteiger partial charge in [-0.25, -0.2) is 13.4 Å². The second-order valence-corrected chi connectivity index (χ2v) is 12.7. The summed E-state index contributed by atoms with van der Waals surface area (Å²) in [7, 11) is -3.50. The number of aromatic nitrogens is 2. The van der Waals surface area contributed by atoms with E-state index in [1.165, 1.54) is 0 Å². The highest BCUT2D eigenvalue weighted by atomic mass is 32.2. The standard InChI is InChI=1S/C30H28N4O4S/c1-17-27-23(16-38-17)22-9-5-18(13-25(22)33-29(27)31)15-34(26-4-2-3-20-11-12-39(36,37)28(20)26)30(35)21-8-10-24(32-14-21)19-6-7-19/h2-5,8-10,13-14,17,19H,6-7,11-12,15-16H2,1H3,(H2,31,33)/t17-/m0/s1. The summed E-state index contributed by atoms with van der Waals surface area (Å²) in [5.41, 5.74) is 12.3. The normalized spacial score (nSPS) is 19.2. The molecule has 1 aliphatic carbocycles. The number of nitrogen functional groups attached to an aromatic ring is 1. The number of hydrogen-bond donors (Lipinski definition) is 1. The van der Waals surface area contributed by atoms with Crippen molar-refractivity contribution in [2.24, 2.45) is 0 Å². The number of anilines is 2. The largest absolute Gasteiger partial charge is 0.383 e. The summed E-state index contributed by atoms with van der Waals surface area (Å²) in [6.45, 7) is 2.60. The van der Waals surface area contributed by atoms with E-state index >= 15 is 0 Å². The van der Waals surface area contributed by atoms with Crippen LogP contribution in [0.15, 0.2) is 59.6 Å². The van der Waals surface area contributed by atoms with Crippen molar-refractivity contribution < 1.29 is 17.9 Å². The zero-order valence-electron chi connectivity index (χ0n) is 21.6. The molecular formula is C30H28N4O4S. The molecule has 0 radical (unpaired) electrons. The highest BCUT2D eigenvalue weighted by Gasteiger charge is 2.34. The number of carbonyl (C=O) groups excluding carboxylic acids is 1. The van der Waals surface area contributed by atoms with Gasteiger partial charge in [-0.2, -0.15) is 0 Å². The minimum absolute atomic E-state index is 0.0454. The van der Waals surface area contributed by atoms with E-state index in [2.05, 4.69) is 9.97 Å². The average Bonchev–Trinajstić information content (AvgIpc) is 3.64. The van der Waals surface area contributed by atoms with Gasteiger partial charge in [0, 0.05) is 28.8 Å². The van der Waals surface area contributed by atoms with Crippen molar-refractivity contribution in [3.8, 4) is 0 Å². The molecule has 4 heterocycles. The Labute approximate surface area is 226 Å². The summed E-state index contributed by atoms with van der Waals surface area (Å²) in [5, 5.41) is 0.966. The van der Waals surface area contributed by atoms with Gasteiger partial charge in [0.1, 0.15) is 5.82 Å². The average molecular weight is 541 g/mol. The highest BCUT2D eigenvalue weighted by Crippen LogP contribution is 2.40. The zero-order valence-corrected chi connectivity index (χ0v) is 22.4. The monoisotopic (exact) mass is 540 g/mol. The van der Waals surface area contributed by atoms with Crippen LogP contribution in [0.5, 0.6) is 0 Å². The maximum absolute atomic E-state index is 14.0. The van der Waals surface area contributed by atoms with Gasteiger partial charge in [-0.05, 0) is 67.1 Å². The van der Waals surface area contributed by atoms with Crippen LogP contribution in [0.25, 0.3) is 10.9 Å². The first-order chi connectivity index (χ1) is 18.8. The number of pyridine rings is 2. The Bertz CT molecular complexity index is 1760. The fraction of sp³-hybridized carbons (Fsp3) is 0.300. The zero-order chi connectivity index (χ0) is 26.9. The molecule has 1 fully saturated rings. The molecule has 0 saturated heterocycles. The maximum atomic E-state index is 14.0. The third kappa shape index (κ3) is 4.08. The van der Waals surface area contributed by atoms with E-state index in [4.69, 9.17) is 10.5 Å². The van der Waals surface area contributed by atoms with Gasteiger partial charge < -0.3 is 15.4 Å². The lowest BCUT2D eigenvalue weighted by molar-refractivity contribution is 0.0801. The predicted octanol–water partition coefficient (Wildman–Crippen LogP) is 4.86. The van der Waals surface area contributed by atoms with Crippen molar-refractivity contribution in [1.82, 2.24) is 9.97 Å². The first-order valence-electron chi connectivity index (χ1n) is 13.2. The molecule has 198 valence electrons. The van der Waals surface area contributed by atoms with Gasteiger partial charge >= 0.3 is 0 Å². The summed E-state index contributed by atoms with van der Waals surface area (Å²) in [6.07, 6.45) is 4.18. The van der Waals surface area contributed by atoms with Gasteiger partial charge in [0.15, 0.2) is 9.84 Å². The van der Waals surface area contributed by atoms with Gasteiger partial charge in [0.05, 0.1) is 46.7 Å². The van der Waals surface area contributed by atoms with Crippen LogP contribution in [0, 0.1) is 0 Å². The number of carbonyl (C=O) groups is 1. The summed E-state index contributed by atoms with van der Waals surface area (Å²) in [4.78, 5) is 25.0. The van der Waals surface area contributed by atoms with Crippen LogP contribution >= 0.6 is 0 Å². The summed E-state index contributed by atoms with van der Waals surface area (Å²) in [6, 6.07) is 14.9. The van der Waals surface area contributed by atoms with Gasteiger partial charge in [0.2, 0.25) is 0 Å². The second kappa shape index (κ2) is 8.86. The van der Waals surface area contributed by atoms with Crippen LogP contribution in [0.3, 0.4) is 0 Å². The molecule has 39 heavy (non-hydrogen) atoms. The molecule has 2 N–H and O–H groups in total. The molecule has 0 bridgehead atoms. The molecule has 8 nitrogen and oxygen atoms in total. The molecule has 1 saturated carbocycles. The van der Waals surface area contributed by atoms with E-state index in [0.717, 1.165) is 51.7 Å². The van der Waals surface area contributed by atoms with Crippen molar-refractivity contribution in [1.29, 1.82) is 0 Å². The SMILES string of the molecule is C[C@@H]1OCc2c1c(N)nc1cc(CN(C(=O)c3ccc(C4CC4)nc3)c3cccc4c3S(=O)(=O)CC4)ccc21. The Kier molecular flexibility index (Phi) is 5.50. The number of nitrogens with zero attached hydrogens (tertiary/aromatic N) is 3. The van der Waals surface area contributed by atoms with Gasteiger partial charge in [0.25, 0.3) is 5.91 Å². The quantitative estimate of drug-likeness (QED) is 0.384. The van der Waals surface area contributed by atoms with Crippen LogP contribution < -0.4 is 10.6 Å². The number of benzene rings is 2. The molecule has 9 heteroatoms. The van der Waals surface area contributed by atoms with Crippen LogP contribution in [0.4, 0.5) is 11.5 Å². The molecule has 4 aromatic rings. The lowest BCUT2D eigenvalue weighted by atomic mass is 10.0. The minimum Gasteiger partial charge on any atom is -0.383 e. The van der Waals surface area contributed by atoms with E-state index in [9.17, 15) is 13.2 Å². The van der Waals surface area contributed by atoms with Crippen LogP contribution in [-0.2, 0) is 34.1 Å². The molecule has 7 rings (SSSR count). The molecule has 1 atom stereocenters. The first-order valence-corrected chi connectivity index (χ1v) is 14.9. The van der Waals surface area contributed by atoms with Gasteiger partial charge in [-0.15, -0.1) is 0 Å². The topological polar surface area (TPSA) is 115 Å². The maximum Gasteiger partial charge on any atom is 0.260 e. The summed E-state index contributed by atoms with van der Waals surface area (Å²) in [5.74, 6) is 0.662. The number of sulfone groups is 1. The van der Waals surface area contributed by atoms with E-state index < -0.39 is 9.84 Å². The molecular weight excluding hydrogens is 512 g/mol. The van der Waals surface area contributed by atoms with Crippen LogP contribution in [0.1, 0.15) is 70.1 Å². The Hall–Kier alpha value is -3.82. The first kappa shape index (κ1) is 24.2. The van der Waals surface area contributed by atoms with Crippen molar-refractivity contribution in [2.75, 3.05) is 16.4 Å². The number of nitrogens with two attached hydrogens (primary N) is 1. The Morgan fingerprint density at radius 1 is 1.15 bits per heavy atom. The lowest BCUT2D eigenvalue weighted by Crippen LogP contribution is -2.31. The van der Waals surface area contributed by atoms with Crippen molar-refractivity contribution in [2.45, 2.75) is 56.3 Å². The highest BCUT2D eigenvalue weighted by molar-refractivity contribution is 7.91. The van der Waals surface area contributed by atoms with Gasteiger partial charge in [-0.3, -0.25) is 9.78 Å². The smallest absolute Gasteiger partial charge is 0.260 e. The number of amides is 1. The van der Waals surface area contributed by atoms with Crippen molar-refractivity contribution in [3.63, 3.8) is 0 Å². The molecule has 0 spiro atoms. The van der Waals surface area contributed by atoms with Gasteiger partial charge in [-0.1, -0.05) is 24.3 Å². The Morgan fingerprint density at radius 3 is 2.77 bits per heavy atom. The lowest BCUT2D eigenvalue weighted by Gasteiger charge is -2.25. The third-order valence-corrected chi connectivity index (χ3v) is 9.88. The molecule has 1 amide bonds. The van der Waals surface area contributed by atoms with E-state index in [1.54, 1.807) is 23.2 Å². The fourth-order valence-corrected chi connectivity index (χ4v) is 7.62. The Balaban J connectivity index is 1.32. The second-order valence-electron chi connectivity index (χ2n) is 10.7. The molecule has 2 aliphatic heterocycles. The number of hydrogen-bond acceptors (Lipinski definition) is 7. The number of rotatable bonds is 5. The van der Waals surface area contributed by atoms with Crippen LogP contribution in [-0.4, -0.2) is 30.0 Å². The van der Waals surface area contributed by atoms with E-state index in [1.807, 2.05) is 43.3 Å². The molecule has 0 unspecified atom stereocenters. The number of fused-ring (bicyclic) bond motifs is 4. The predicted molar refractivity (Wildman–Crippen MR) is 148 cm³/mol. The van der Waals surface area contributed by atoms with Crippen LogP contribution in [0.2, 0.25) is 0 Å². The van der Waals surface area contributed by atoms with E-state index in [-0.39, 0.29) is 29.2 Å². The fourth-order valence-electron chi connectivity index (χ4n) is 5.86.